The minimum absolute atomic E-state index is 0.100. The normalized spacial score (nSPS) is 17.8. The molecule has 1 unspecified atom stereocenters. The third-order valence-electron chi connectivity index (χ3n) is 5.57. The number of anilines is 1. The van der Waals surface area contributed by atoms with Crippen LogP contribution in [0.25, 0.3) is 5.76 Å². The topological polar surface area (TPSA) is 66.8 Å². The number of carbonyl (C=O) groups is 2. The number of ether oxygens (including phenoxy) is 1. The van der Waals surface area contributed by atoms with E-state index >= 15 is 0 Å². The summed E-state index contributed by atoms with van der Waals surface area (Å²) in [5.74, 6) is -2.05. The average Bonchev–Trinajstić information content (AvgIpc) is 3.34. The third kappa shape index (κ3) is 4.53. The second-order valence-electron chi connectivity index (χ2n) is 7.76. The van der Waals surface area contributed by atoms with E-state index in [9.17, 15) is 27.9 Å². The van der Waals surface area contributed by atoms with Crippen molar-refractivity contribution in [1.82, 2.24) is 0 Å². The zero-order valence-electron chi connectivity index (χ0n) is 18.5. The Morgan fingerprint density at radius 1 is 1.14 bits per heavy atom. The van der Waals surface area contributed by atoms with E-state index in [1.165, 1.54) is 29.5 Å². The Balaban J connectivity index is 1.89. The average molecular weight is 522 g/mol. The van der Waals surface area contributed by atoms with Crippen molar-refractivity contribution in [2.75, 3.05) is 11.5 Å². The molecule has 1 aliphatic rings. The van der Waals surface area contributed by atoms with Gasteiger partial charge in [-0.3, -0.25) is 14.5 Å². The van der Waals surface area contributed by atoms with Crippen LogP contribution in [-0.4, -0.2) is 23.4 Å². The molecule has 10 heteroatoms. The molecular weight excluding hydrogens is 503 g/mol. The van der Waals surface area contributed by atoms with Crippen molar-refractivity contribution >= 4 is 46.1 Å². The van der Waals surface area contributed by atoms with Crippen LogP contribution in [0.1, 0.15) is 34.5 Å². The maximum atomic E-state index is 13.2. The van der Waals surface area contributed by atoms with Crippen molar-refractivity contribution in [3.05, 3.63) is 86.1 Å². The van der Waals surface area contributed by atoms with Crippen LogP contribution in [-0.2, 0) is 15.8 Å². The molecule has 1 fully saturated rings. The highest BCUT2D eigenvalue weighted by atomic mass is 35.5. The SMILES string of the molecule is CCOc1cc(/C(O)=C2/C(=O)C(=O)N(c3ccc(C(F)(F)F)cc3)C2c2sccc2C)ccc1Cl. The summed E-state index contributed by atoms with van der Waals surface area (Å²) in [6.07, 6.45) is -4.55. The summed E-state index contributed by atoms with van der Waals surface area (Å²) in [6, 6.07) is 9.19. The Hall–Kier alpha value is -3.30. The van der Waals surface area contributed by atoms with Crippen molar-refractivity contribution in [1.29, 1.82) is 0 Å². The first-order chi connectivity index (χ1) is 16.5. The van der Waals surface area contributed by atoms with Gasteiger partial charge in [0, 0.05) is 16.1 Å². The Labute approximate surface area is 208 Å². The van der Waals surface area contributed by atoms with Gasteiger partial charge in [0.1, 0.15) is 17.6 Å². The number of Topliss-reactive ketones (excluding diaryl/α,β-unsaturated/α-hetero) is 1. The number of alkyl halides is 3. The molecule has 1 N–H and O–H groups in total. The van der Waals surface area contributed by atoms with Gasteiger partial charge in [0.05, 0.1) is 22.8 Å². The number of halogens is 4. The molecule has 182 valence electrons. The molecular formula is C25H19ClF3NO4S. The molecule has 35 heavy (non-hydrogen) atoms. The maximum Gasteiger partial charge on any atom is 0.416 e. The lowest BCUT2D eigenvalue weighted by Crippen LogP contribution is -2.29. The number of aliphatic hydroxyl groups is 1. The predicted octanol–water partition coefficient (Wildman–Crippen LogP) is 6.75. The molecule has 1 aliphatic heterocycles. The highest BCUT2D eigenvalue weighted by Crippen LogP contribution is 2.45. The summed E-state index contributed by atoms with van der Waals surface area (Å²) in [5.41, 5.74) is 0.0119. The summed E-state index contributed by atoms with van der Waals surface area (Å²) < 4.78 is 44.7. The lowest BCUT2D eigenvalue weighted by molar-refractivity contribution is -0.137. The van der Waals surface area contributed by atoms with Crippen LogP contribution < -0.4 is 9.64 Å². The minimum atomic E-state index is -4.55. The van der Waals surface area contributed by atoms with Crippen LogP contribution >= 0.6 is 22.9 Å². The van der Waals surface area contributed by atoms with Gasteiger partial charge in [0.15, 0.2) is 0 Å². The number of hydrogen-bond donors (Lipinski definition) is 1. The summed E-state index contributed by atoms with van der Waals surface area (Å²) in [4.78, 5) is 28.0. The zero-order valence-corrected chi connectivity index (χ0v) is 20.1. The maximum absolute atomic E-state index is 13.2. The number of amides is 1. The molecule has 1 saturated heterocycles. The second-order valence-corrected chi connectivity index (χ2v) is 9.11. The lowest BCUT2D eigenvalue weighted by Gasteiger charge is -2.25. The molecule has 1 atom stereocenters. The van der Waals surface area contributed by atoms with Crippen LogP contribution in [0.4, 0.5) is 18.9 Å². The number of aryl methyl sites for hydroxylation is 1. The Morgan fingerprint density at radius 3 is 2.40 bits per heavy atom. The fourth-order valence-electron chi connectivity index (χ4n) is 3.89. The van der Waals surface area contributed by atoms with Gasteiger partial charge >= 0.3 is 6.18 Å². The van der Waals surface area contributed by atoms with E-state index < -0.39 is 35.2 Å². The fraction of sp³-hybridized carbons (Fsp3) is 0.200. The minimum Gasteiger partial charge on any atom is -0.507 e. The van der Waals surface area contributed by atoms with E-state index in [2.05, 4.69) is 0 Å². The van der Waals surface area contributed by atoms with Gasteiger partial charge in [0.2, 0.25) is 0 Å². The van der Waals surface area contributed by atoms with E-state index in [-0.39, 0.29) is 16.8 Å². The van der Waals surface area contributed by atoms with E-state index in [0.717, 1.165) is 34.7 Å². The number of rotatable bonds is 5. The number of ketones is 1. The molecule has 2 aromatic carbocycles. The Morgan fingerprint density at radius 2 is 1.83 bits per heavy atom. The number of thiophene rings is 1. The summed E-state index contributed by atoms with van der Waals surface area (Å²) in [5, 5.41) is 13.3. The number of hydrogen-bond acceptors (Lipinski definition) is 5. The van der Waals surface area contributed by atoms with Crippen molar-refractivity contribution in [2.45, 2.75) is 26.1 Å². The molecule has 0 radical (unpaired) electrons. The quantitative estimate of drug-likeness (QED) is 0.229. The van der Waals surface area contributed by atoms with Gasteiger partial charge in [-0.15, -0.1) is 11.3 Å². The standard InChI is InChI=1S/C25H19ClF3NO4S/c1-3-34-18-12-14(4-9-17(18)26)21(31)19-20(23-13(2)10-11-35-23)30(24(33)22(19)32)16-7-5-15(6-8-16)25(27,28)29/h4-12,20,31H,3H2,1-2H3/b21-19-. The van der Waals surface area contributed by atoms with Gasteiger partial charge in [-0.2, -0.15) is 13.2 Å². The number of benzene rings is 2. The van der Waals surface area contributed by atoms with Crippen LogP contribution in [0, 0.1) is 6.92 Å². The first kappa shape index (κ1) is 24.8. The van der Waals surface area contributed by atoms with E-state index in [1.807, 2.05) is 0 Å². The monoisotopic (exact) mass is 521 g/mol. The van der Waals surface area contributed by atoms with Crippen LogP contribution in [0.15, 0.2) is 59.5 Å². The van der Waals surface area contributed by atoms with Gasteiger partial charge in [0.25, 0.3) is 11.7 Å². The molecule has 4 rings (SSSR count). The number of nitrogens with zero attached hydrogens (tertiary/aromatic N) is 1. The zero-order chi connectivity index (χ0) is 25.5. The Kier molecular flexibility index (Phi) is 6.66. The molecule has 2 heterocycles. The summed E-state index contributed by atoms with van der Waals surface area (Å²) in [7, 11) is 0. The van der Waals surface area contributed by atoms with Gasteiger partial charge in [-0.25, -0.2) is 0 Å². The molecule has 1 aromatic heterocycles. The molecule has 0 saturated carbocycles. The number of aliphatic hydroxyl groups excluding tert-OH is 1. The lowest BCUT2D eigenvalue weighted by atomic mass is 9.98. The van der Waals surface area contributed by atoms with Crippen LogP contribution in [0.5, 0.6) is 5.75 Å². The van der Waals surface area contributed by atoms with Gasteiger partial charge < -0.3 is 9.84 Å². The van der Waals surface area contributed by atoms with E-state index in [0.29, 0.717) is 22.3 Å². The smallest absolute Gasteiger partial charge is 0.416 e. The Bertz CT molecular complexity index is 1330. The first-order valence-electron chi connectivity index (χ1n) is 10.5. The van der Waals surface area contributed by atoms with Crippen molar-refractivity contribution in [3.8, 4) is 5.75 Å². The molecule has 5 nitrogen and oxygen atoms in total. The largest absolute Gasteiger partial charge is 0.507 e. The molecule has 1 amide bonds. The summed E-state index contributed by atoms with van der Waals surface area (Å²) in [6.45, 7) is 3.86. The molecule has 0 aliphatic carbocycles. The predicted molar refractivity (Wildman–Crippen MR) is 128 cm³/mol. The van der Waals surface area contributed by atoms with Gasteiger partial charge in [-0.05, 0) is 73.3 Å². The third-order valence-corrected chi connectivity index (χ3v) is 6.96. The molecule has 3 aromatic rings. The highest BCUT2D eigenvalue weighted by Gasteiger charge is 2.48. The second kappa shape index (κ2) is 9.39. The van der Waals surface area contributed by atoms with E-state index in [1.54, 1.807) is 25.3 Å². The van der Waals surface area contributed by atoms with E-state index in [4.69, 9.17) is 16.3 Å². The first-order valence-corrected chi connectivity index (χ1v) is 11.7. The highest BCUT2D eigenvalue weighted by molar-refractivity contribution is 7.10. The number of carbonyl (C=O) groups excluding carboxylic acids is 2. The van der Waals surface area contributed by atoms with Crippen molar-refractivity contribution < 1.29 is 32.6 Å². The van der Waals surface area contributed by atoms with Crippen LogP contribution in [0.3, 0.4) is 0 Å². The van der Waals surface area contributed by atoms with Crippen molar-refractivity contribution in [3.63, 3.8) is 0 Å². The molecule has 0 spiro atoms. The fourth-order valence-corrected chi connectivity index (χ4v) is 5.09. The van der Waals surface area contributed by atoms with Crippen molar-refractivity contribution in [2.24, 2.45) is 0 Å². The molecule has 0 bridgehead atoms. The summed E-state index contributed by atoms with van der Waals surface area (Å²) >= 11 is 7.41. The van der Waals surface area contributed by atoms with Crippen LogP contribution in [0.2, 0.25) is 5.02 Å². The van der Waals surface area contributed by atoms with Gasteiger partial charge in [-0.1, -0.05) is 11.6 Å².